The first-order valence-electron chi connectivity index (χ1n) is 9.48. The van der Waals surface area contributed by atoms with Crippen LogP contribution in [0, 0.1) is 6.92 Å². The monoisotopic (exact) mass is 359 g/mol. The van der Waals surface area contributed by atoms with E-state index in [0.29, 0.717) is 6.04 Å². The van der Waals surface area contributed by atoms with E-state index in [1.807, 2.05) is 25.4 Å². The third-order valence-electron chi connectivity index (χ3n) is 5.72. The number of aldehydes is 1. The van der Waals surface area contributed by atoms with E-state index in [9.17, 15) is 4.79 Å². The van der Waals surface area contributed by atoms with Gasteiger partial charge in [0, 0.05) is 49.3 Å². The van der Waals surface area contributed by atoms with Crippen molar-refractivity contribution in [2.45, 2.75) is 25.9 Å². The summed E-state index contributed by atoms with van der Waals surface area (Å²) in [5, 5.41) is 2.17. The quantitative estimate of drug-likeness (QED) is 0.644. The number of aromatic nitrogens is 1. The number of likely N-dealkylation sites (N-methyl/N-ethyl adjacent to an activating group) is 1. The number of pyridine rings is 1. The van der Waals surface area contributed by atoms with Crippen molar-refractivity contribution in [1.29, 1.82) is 0 Å². The molecule has 1 aromatic heterocycles. The van der Waals surface area contributed by atoms with Crippen LogP contribution < -0.4 is 4.90 Å². The van der Waals surface area contributed by atoms with Crippen molar-refractivity contribution in [2.75, 3.05) is 25.0 Å². The second-order valence-electron chi connectivity index (χ2n) is 7.48. The Bertz CT molecular complexity index is 954. The lowest BCUT2D eigenvalue weighted by Gasteiger charge is -2.25. The zero-order chi connectivity index (χ0) is 18.8. The first kappa shape index (κ1) is 17.7. The standard InChI is InChI=1S/C23H25N3O/c1-17-3-4-19-5-6-20(13-22(19)23(17)16-27)26-12-9-21(15-26)25(2)14-18-7-10-24-11-8-18/h3-8,10-11,13,16,21H,9,12,14-15H2,1-2H3. The number of hydrogen-bond acceptors (Lipinski definition) is 4. The zero-order valence-electron chi connectivity index (χ0n) is 15.9. The molecule has 3 aromatic rings. The molecule has 1 atom stereocenters. The van der Waals surface area contributed by atoms with E-state index in [-0.39, 0.29) is 0 Å². The van der Waals surface area contributed by atoms with Crippen LogP contribution in [0.15, 0.2) is 54.9 Å². The lowest BCUT2D eigenvalue weighted by atomic mass is 10.00. The van der Waals surface area contributed by atoms with Gasteiger partial charge in [-0.25, -0.2) is 0 Å². The number of fused-ring (bicyclic) bond motifs is 1. The molecule has 1 saturated heterocycles. The van der Waals surface area contributed by atoms with Gasteiger partial charge in [-0.05, 0) is 66.6 Å². The molecule has 27 heavy (non-hydrogen) atoms. The molecular formula is C23H25N3O. The first-order chi connectivity index (χ1) is 13.2. The Morgan fingerprint density at radius 1 is 1.19 bits per heavy atom. The van der Waals surface area contributed by atoms with E-state index < -0.39 is 0 Å². The fourth-order valence-corrected chi connectivity index (χ4v) is 4.03. The van der Waals surface area contributed by atoms with E-state index in [1.54, 1.807) is 0 Å². The Morgan fingerprint density at radius 3 is 2.74 bits per heavy atom. The van der Waals surface area contributed by atoms with Gasteiger partial charge in [0.1, 0.15) is 0 Å². The molecule has 1 aliphatic heterocycles. The van der Waals surface area contributed by atoms with Gasteiger partial charge < -0.3 is 4.90 Å². The van der Waals surface area contributed by atoms with Gasteiger partial charge in [0.15, 0.2) is 6.29 Å². The lowest BCUT2D eigenvalue weighted by molar-refractivity contribution is 0.112. The van der Waals surface area contributed by atoms with Gasteiger partial charge in [-0.1, -0.05) is 18.2 Å². The maximum absolute atomic E-state index is 11.6. The van der Waals surface area contributed by atoms with Gasteiger partial charge in [-0.15, -0.1) is 0 Å². The van der Waals surface area contributed by atoms with Gasteiger partial charge in [0.2, 0.25) is 0 Å². The molecule has 4 nitrogen and oxygen atoms in total. The van der Waals surface area contributed by atoms with Crippen LogP contribution in [0.5, 0.6) is 0 Å². The summed E-state index contributed by atoms with van der Waals surface area (Å²) in [6.07, 6.45) is 5.84. The Labute approximate surface area is 160 Å². The Balaban J connectivity index is 1.52. The summed E-state index contributed by atoms with van der Waals surface area (Å²) < 4.78 is 0. The minimum atomic E-state index is 0.525. The van der Waals surface area contributed by atoms with Crippen molar-refractivity contribution < 1.29 is 4.79 Å². The highest BCUT2D eigenvalue weighted by molar-refractivity contribution is 6.00. The van der Waals surface area contributed by atoms with Gasteiger partial charge >= 0.3 is 0 Å². The third-order valence-corrected chi connectivity index (χ3v) is 5.72. The first-order valence-corrected chi connectivity index (χ1v) is 9.48. The topological polar surface area (TPSA) is 36.4 Å². The highest BCUT2D eigenvalue weighted by Crippen LogP contribution is 2.29. The normalized spacial score (nSPS) is 17.0. The molecule has 1 aliphatic rings. The van der Waals surface area contributed by atoms with E-state index in [4.69, 9.17) is 0 Å². The second-order valence-corrected chi connectivity index (χ2v) is 7.48. The Morgan fingerprint density at radius 2 is 1.96 bits per heavy atom. The van der Waals surface area contributed by atoms with Crippen LogP contribution in [-0.2, 0) is 6.54 Å². The lowest BCUT2D eigenvalue weighted by Crippen LogP contribution is -2.34. The fourth-order valence-electron chi connectivity index (χ4n) is 4.03. The minimum Gasteiger partial charge on any atom is -0.370 e. The predicted molar refractivity (Wildman–Crippen MR) is 110 cm³/mol. The number of hydrogen-bond donors (Lipinski definition) is 0. The van der Waals surface area contributed by atoms with Crippen molar-refractivity contribution >= 4 is 22.7 Å². The summed E-state index contributed by atoms with van der Waals surface area (Å²) in [5.74, 6) is 0. The van der Waals surface area contributed by atoms with Crippen molar-refractivity contribution in [3.8, 4) is 0 Å². The van der Waals surface area contributed by atoms with Crippen LogP contribution in [-0.4, -0.2) is 42.3 Å². The second kappa shape index (κ2) is 7.49. The highest BCUT2D eigenvalue weighted by atomic mass is 16.1. The molecule has 138 valence electrons. The SMILES string of the molecule is Cc1ccc2ccc(N3CCC(N(C)Cc4ccncc4)C3)cc2c1C=O. The molecule has 2 heterocycles. The maximum Gasteiger partial charge on any atom is 0.150 e. The molecule has 2 aromatic carbocycles. The third kappa shape index (κ3) is 3.58. The number of anilines is 1. The number of carbonyl (C=O) groups excluding carboxylic acids is 1. The molecule has 0 N–H and O–H groups in total. The van der Waals surface area contributed by atoms with E-state index >= 15 is 0 Å². The molecule has 0 bridgehead atoms. The number of aryl methyl sites for hydroxylation is 1. The minimum absolute atomic E-state index is 0.525. The van der Waals surface area contributed by atoms with Crippen LogP contribution in [0.2, 0.25) is 0 Å². The zero-order valence-corrected chi connectivity index (χ0v) is 15.9. The van der Waals surface area contributed by atoms with Crippen molar-refractivity contribution in [3.63, 3.8) is 0 Å². The summed E-state index contributed by atoms with van der Waals surface area (Å²) in [5.41, 5.74) is 4.34. The molecule has 0 radical (unpaired) electrons. The number of rotatable bonds is 5. The predicted octanol–water partition coefficient (Wildman–Crippen LogP) is 4.07. The molecule has 0 saturated carbocycles. The van der Waals surface area contributed by atoms with Crippen LogP contribution in [0.25, 0.3) is 10.8 Å². The average molecular weight is 359 g/mol. The van der Waals surface area contributed by atoms with E-state index in [2.05, 4.69) is 58.2 Å². The van der Waals surface area contributed by atoms with Gasteiger partial charge in [0.05, 0.1) is 0 Å². The van der Waals surface area contributed by atoms with Crippen LogP contribution >= 0.6 is 0 Å². The summed E-state index contributed by atoms with van der Waals surface area (Å²) in [6, 6.07) is 15.3. The number of carbonyl (C=O) groups is 1. The van der Waals surface area contributed by atoms with Crippen molar-refractivity contribution in [1.82, 2.24) is 9.88 Å². The molecule has 4 heteroatoms. The van der Waals surface area contributed by atoms with Crippen LogP contribution in [0.4, 0.5) is 5.69 Å². The molecule has 4 rings (SSSR count). The van der Waals surface area contributed by atoms with Gasteiger partial charge in [-0.3, -0.25) is 14.7 Å². The molecule has 0 spiro atoms. The summed E-state index contributed by atoms with van der Waals surface area (Å²) in [6.45, 7) is 4.98. The van der Waals surface area contributed by atoms with Crippen molar-refractivity contribution in [2.24, 2.45) is 0 Å². The smallest absolute Gasteiger partial charge is 0.150 e. The molecule has 1 fully saturated rings. The highest BCUT2D eigenvalue weighted by Gasteiger charge is 2.26. The molecular weight excluding hydrogens is 334 g/mol. The Kier molecular flexibility index (Phi) is 4.90. The molecule has 0 aliphatic carbocycles. The summed E-state index contributed by atoms with van der Waals surface area (Å²) in [7, 11) is 2.20. The number of nitrogens with zero attached hydrogens (tertiary/aromatic N) is 3. The average Bonchev–Trinajstić information content (AvgIpc) is 3.19. The molecule has 1 unspecified atom stereocenters. The fraction of sp³-hybridized carbons (Fsp3) is 0.304. The van der Waals surface area contributed by atoms with E-state index in [1.165, 1.54) is 11.3 Å². The number of benzene rings is 2. The summed E-state index contributed by atoms with van der Waals surface area (Å²) in [4.78, 5) is 20.5. The van der Waals surface area contributed by atoms with Crippen LogP contribution in [0.3, 0.4) is 0 Å². The summed E-state index contributed by atoms with van der Waals surface area (Å²) >= 11 is 0. The van der Waals surface area contributed by atoms with Gasteiger partial charge in [-0.2, -0.15) is 0 Å². The molecule has 0 amide bonds. The van der Waals surface area contributed by atoms with E-state index in [0.717, 1.165) is 54.2 Å². The largest absolute Gasteiger partial charge is 0.370 e. The van der Waals surface area contributed by atoms with Crippen molar-refractivity contribution in [3.05, 3.63) is 71.5 Å². The van der Waals surface area contributed by atoms with Crippen LogP contribution in [0.1, 0.15) is 27.9 Å². The maximum atomic E-state index is 11.6. The Hall–Kier alpha value is -2.72. The van der Waals surface area contributed by atoms with Gasteiger partial charge in [0.25, 0.3) is 0 Å².